The van der Waals surface area contributed by atoms with Crippen molar-refractivity contribution < 1.29 is 14.6 Å². The van der Waals surface area contributed by atoms with E-state index in [0.29, 0.717) is 21.8 Å². The number of aliphatic hydroxyl groups excluding tert-OH is 1. The number of aromatic nitrogens is 4. The zero-order chi connectivity index (χ0) is 21.3. The van der Waals surface area contributed by atoms with Crippen molar-refractivity contribution in [2.45, 2.75) is 0 Å². The summed E-state index contributed by atoms with van der Waals surface area (Å²) in [6.07, 6.45) is 0. The predicted molar refractivity (Wildman–Crippen MR) is 109 cm³/mol. The van der Waals surface area contributed by atoms with Crippen LogP contribution in [0.4, 0.5) is 0 Å². The molecule has 2 heterocycles. The minimum atomic E-state index is -0.838. The smallest absolute Gasteiger partial charge is 0.359 e. The Bertz CT molecular complexity index is 1390. The van der Waals surface area contributed by atoms with Crippen LogP contribution >= 0.6 is 0 Å². The highest BCUT2D eigenvalue weighted by Crippen LogP contribution is 2.19. The van der Waals surface area contributed by atoms with Gasteiger partial charge in [-0.3, -0.25) is 4.79 Å². The number of allylic oxidation sites excluding steroid dienone is 1. The Morgan fingerprint density at radius 3 is 2.63 bits per heavy atom. The quantitative estimate of drug-likeness (QED) is 0.305. The summed E-state index contributed by atoms with van der Waals surface area (Å²) in [6.45, 7) is -0.558. The van der Waals surface area contributed by atoms with E-state index in [1.807, 2.05) is 12.1 Å². The van der Waals surface area contributed by atoms with Gasteiger partial charge in [0.05, 0.1) is 16.4 Å². The molecule has 0 amide bonds. The number of hydrogen-bond donors (Lipinski definition) is 2. The van der Waals surface area contributed by atoms with Crippen LogP contribution in [0.5, 0.6) is 0 Å². The Kier molecular flexibility index (Phi) is 4.74. The van der Waals surface area contributed by atoms with E-state index in [0.717, 1.165) is 4.68 Å². The van der Waals surface area contributed by atoms with Gasteiger partial charge >= 0.3 is 5.97 Å². The summed E-state index contributed by atoms with van der Waals surface area (Å²) in [4.78, 5) is 32.0. The first-order valence-corrected chi connectivity index (χ1v) is 8.90. The molecular weight excluding hydrogens is 386 g/mol. The summed E-state index contributed by atoms with van der Waals surface area (Å²) in [7, 11) is 1.43. The van der Waals surface area contributed by atoms with E-state index >= 15 is 0 Å². The Balaban J connectivity index is 1.63. The number of ether oxygens (including phenoxy) is 1. The van der Waals surface area contributed by atoms with Crippen LogP contribution in [0.2, 0.25) is 0 Å². The van der Waals surface area contributed by atoms with Gasteiger partial charge in [0.1, 0.15) is 18.2 Å². The SMILES string of the molecule is Cn1nc(C(=O)OCC(O)=C(C#N)c2nc3ccccc3[nH]2)c2ccccc2c1=O. The standard InChI is InChI=1S/C21H15N5O4/c1-26-20(28)13-7-3-2-6-12(13)18(25-26)21(29)30-11-17(27)14(10-22)19-23-15-8-4-5-9-16(15)24-19/h2-9,27H,11H2,1H3,(H,23,24). The van der Waals surface area contributed by atoms with E-state index in [4.69, 9.17) is 4.74 Å². The van der Waals surface area contributed by atoms with E-state index in [-0.39, 0.29) is 22.7 Å². The Hall–Kier alpha value is -4.45. The van der Waals surface area contributed by atoms with E-state index in [1.54, 1.807) is 42.5 Å². The van der Waals surface area contributed by atoms with Crippen molar-refractivity contribution in [3.8, 4) is 6.07 Å². The highest BCUT2D eigenvalue weighted by Gasteiger charge is 2.19. The Morgan fingerprint density at radius 1 is 1.20 bits per heavy atom. The zero-order valence-corrected chi connectivity index (χ0v) is 15.8. The number of hydrogen-bond acceptors (Lipinski definition) is 7. The van der Waals surface area contributed by atoms with Gasteiger partial charge in [-0.1, -0.05) is 30.3 Å². The molecule has 0 bridgehead atoms. The maximum Gasteiger partial charge on any atom is 0.359 e. The number of imidazole rings is 1. The first-order chi connectivity index (χ1) is 14.5. The molecule has 9 nitrogen and oxygen atoms in total. The summed E-state index contributed by atoms with van der Waals surface area (Å²) >= 11 is 0. The van der Waals surface area contributed by atoms with E-state index in [2.05, 4.69) is 15.1 Å². The first-order valence-electron chi connectivity index (χ1n) is 8.90. The van der Waals surface area contributed by atoms with Crippen LogP contribution in [0.25, 0.3) is 27.4 Å². The molecule has 0 saturated heterocycles. The van der Waals surface area contributed by atoms with Gasteiger partial charge in [-0.2, -0.15) is 10.4 Å². The summed E-state index contributed by atoms with van der Waals surface area (Å²) < 4.78 is 6.20. The van der Waals surface area contributed by atoms with Gasteiger partial charge in [-0.25, -0.2) is 14.5 Å². The number of para-hydroxylation sites is 2. The fourth-order valence-electron chi connectivity index (χ4n) is 3.05. The zero-order valence-electron chi connectivity index (χ0n) is 15.8. The van der Waals surface area contributed by atoms with Crippen molar-refractivity contribution in [2.24, 2.45) is 7.05 Å². The maximum absolute atomic E-state index is 12.6. The molecule has 0 saturated carbocycles. The normalized spacial score (nSPS) is 11.9. The van der Waals surface area contributed by atoms with Crippen molar-refractivity contribution in [1.29, 1.82) is 5.26 Å². The number of H-pyrrole nitrogens is 1. The van der Waals surface area contributed by atoms with Crippen LogP contribution in [-0.4, -0.2) is 37.4 Å². The van der Waals surface area contributed by atoms with Gasteiger partial charge in [0.2, 0.25) is 0 Å². The van der Waals surface area contributed by atoms with Crippen LogP contribution in [0.3, 0.4) is 0 Å². The van der Waals surface area contributed by atoms with Crippen molar-refractivity contribution in [2.75, 3.05) is 6.61 Å². The largest absolute Gasteiger partial charge is 0.507 e. The fraction of sp³-hybridized carbons (Fsp3) is 0.0952. The molecule has 0 aliphatic carbocycles. The summed E-state index contributed by atoms with van der Waals surface area (Å²) in [5, 5.41) is 24.4. The number of esters is 1. The second kappa shape index (κ2) is 7.52. The number of carbonyl (C=O) groups is 1. The number of nitrogens with one attached hydrogen (secondary N) is 1. The average molecular weight is 401 g/mol. The minimum Gasteiger partial charge on any atom is -0.507 e. The predicted octanol–water partition coefficient (Wildman–Crippen LogP) is 2.46. The lowest BCUT2D eigenvalue weighted by Crippen LogP contribution is -2.24. The molecule has 0 aliphatic heterocycles. The number of carbonyl (C=O) groups excluding carboxylic acids is 1. The third-order valence-electron chi connectivity index (χ3n) is 4.52. The van der Waals surface area contributed by atoms with E-state index < -0.39 is 18.3 Å². The highest BCUT2D eigenvalue weighted by atomic mass is 16.5. The summed E-state index contributed by atoms with van der Waals surface area (Å²) in [5.41, 5.74) is 0.776. The number of nitriles is 1. The van der Waals surface area contributed by atoms with Gasteiger partial charge < -0.3 is 14.8 Å². The third kappa shape index (κ3) is 3.27. The second-order valence-corrected chi connectivity index (χ2v) is 6.44. The topological polar surface area (TPSA) is 134 Å². The van der Waals surface area contributed by atoms with Crippen molar-refractivity contribution in [3.63, 3.8) is 0 Å². The summed E-state index contributed by atoms with van der Waals surface area (Å²) in [6, 6.07) is 15.6. The van der Waals surface area contributed by atoms with Gasteiger partial charge in [-0.05, 0) is 18.2 Å². The van der Waals surface area contributed by atoms with Crippen LogP contribution in [0.15, 0.2) is 59.1 Å². The Morgan fingerprint density at radius 2 is 1.90 bits per heavy atom. The first kappa shape index (κ1) is 18.9. The van der Waals surface area contributed by atoms with Gasteiger partial charge in [0.15, 0.2) is 17.3 Å². The molecule has 148 valence electrons. The lowest BCUT2D eigenvalue weighted by Gasteiger charge is -2.08. The van der Waals surface area contributed by atoms with Gasteiger partial charge in [0, 0.05) is 12.4 Å². The van der Waals surface area contributed by atoms with E-state index in [1.165, 1.54) is 7.05 Å². The molecule has 0 aliphatic rings. The lowest BCUT2D eigenvalue weighted by atomic mass is 10.1. The second-order valence-electron chi connectivity index (χ2n) is 6.44. The number of aromatic amines is 1. The van der Waals surface area contributed by atoms with Gasteiger partial charge in [0.25, 0.3) is 5.56 Å². The molecule has 0 fully saturated rings. The molecule has 4 aromatic rings. The summed E-state index contributed by atoms with van der Waals surface area (Å²) in [5.74, 6) is -1.13. The third-order valence-corrected chi connectivity index (χ3v) is 4.52. The minimum absolute atomic E-state index is 0.0669. The molecule has 2 aromatic carbocycles. The number of aryl methyl sites for hydroxylation is 1. The molecule has 0 unspecified atom stereocenters. The Labute approximate surface area is 169 Å². The van der Waals surface area contributed by atoms with Crippen LogP contribution < -0.4 is 5.56 Å². The molecule has 2 aromatic heterocycles. The molecule has 0 atom stereocenters. The van der Waals surface area contributed by atoms with E-state index in [9.17, 15) is 20.0 Å². The molecule has 4 rings (SSSR count). The fourth-order valence-corrected chi connectivity index (χ4v) is 3.05. The number of nitrogens with zero attached hydrogens (tertiary/aromatic N) is 4. The lowest BCUT2D eigenvalue weighted by molar-refractivity contribution is 0.0496. The molecule has 2 N–H and O–H groups in total. The van der Waals surface area contributed by atoms with Crippen molar-refractivity contribution in [3.05, 3.63) is 76.2 Å². The molecular formula is C21H15N5O4. The van der Waals surface area contributed by atoms with Crippen molar-refractivity contribution >= 4 is 33.3 Å². The number of aliphatic hydroxyl groups is 1. The van der Waals surface area contributed by atoms with Gasteiger partial charge in [-0.15, -0.1) is 0 Å². The average Bonchev–Trinajstić information content (AvgIpc) is 3.18. The number of benzene rings is 2. The molecule has 30 heavy (non-hydrogen) atoms. The molecule has 0 radical (unpaired) electrons. The van der Waals surface area contributed by atoms with Crippen LogP contribution in [0, 0.1) is 11.3 Å². The van der Waals surface area contributed by atoms with Crippen LogP contribution in [-0.2, 0) is 11.8 Å². The number of rotatable bonds is 4. The molecule has 0 spiro atoms. The highest BCUT2D eigenvalue weighted by molar-refractivity contribution is 6.02. The van der Waals surface area contributed by atoms with Crippen molar-refractivity contribution in [1.82, 2.24) is 19.7 Å². The number of fused-ring (bicyclic) bond motifs is 2. The molecule has 9 heteroatoms. The maximum atomic E-state index is 12.6. The van der Waals surface area contributed by atoms with Crippen LogP contribution in [0.1, 0.15) is 16.3 Å². The monoisotopic (exact) mass is 401 g/mol.